The van der Waals surface area contributed by atoms with Gasteiger partial charge in [-0.2, -0.15) is 0 Å². The quantitative estimate of drug-likeness (QED) is 0.845. The number of nitrogens with zero attached hydrogens (tertiary/aromatic N) is 4. The summed E-state index contributed by atoms with van der Waals surface area (Å²) in [5.74, 6) is 0.0886. The predicted octanol–water partition coefficient (Wildman–Crippen LogP) is 2.36. The van der Waals surface area contributed by atoms with E-state index in [0.29, 0.717) is 4.47 Å². The highest BCUT2D eigenvalue weighted by Gasteiger charge is 2.16. The zero-order chi connectivity index (χ0) is 10.8. The van der Waals surface area contributed by atoms with E-state index in [1.54, 1.807) is 0 Å². The van der Waals surface area contributed by atoms with E-state index in [1.165, 1.54) is 29.3 Å². The van der Waals surface area contributed by atoms with Crippen molar-refractivity contribution in [2.75, 3.05) is 0 Å². The Balaban J connectivity index is 2.56. The number of alkyl halides is 2. The number of halogens is 3. The highest BCUT2D eigenvalue weighted by molar-refractivity contribution is 9.10. The van der Waals surface area contributed by atoms with Crippen molar-refractivity contribution in [2.45, 2.75) is 6.43 Å². The number of pyridine rings is 1. The summed E-state index contributed by atoms with van der Waals surface area (Å²) in [4.78, 5) is 3.88. The monoisotopic (exact) mass is 274 g/mol. The third kappa shape index (κ3) is 2.01. The first-order chi connectivity index (χ1) is 7.18. The molecule has 0 radical (unpaired) electrons. The third-order valence-electron chi connectivity index (χ3n) is 1.74. The van der Waals surface area contributed by atoms with E-state index in [1.807, 2.05) is 0 Å². The standard InChI is InChI=1S/C8H5BrF2N4/c9-5-3-6(7(10)11)8(12-4-5)15-2-1-13-14-15/h1-4,7H. The van der Waals surface area contributed by atoms with Gasteiger partial charge in [0.1, 0.15) is 0 Å². The molecular formula is C8H5BrF2N4. The summed E-state index contributed by atoms with van der Waals surface area (Å²) < 4.78 is 27.1. The van der Waals surface area contributed by atoms with Gasteiger partial charge in [-0.15, -0.1) is 5.10 Å². The predicted molar refractivity (Wildman–Crippen MR) is 51.8 cm³/mol. The molecule has 2 aromatic heterocycles. The molecule has 2 rings (SSSR count). The summed E-state index contributed by atoms with van der Waals surface area (Å²) in [6, 6.07) is 1.31. The minimum absolute atomic E-state index is 0.0886. The first-order valence-corrected chi connectivity index (χ1v) is 4.78. The van der Waals surface area contributed by atoms with Crippen LogP contribution in [0.5, 0.6) is 0 Å². The average molecular weight is 275 g/mol. The van der Waals surface area contributed by atoms with Crippen molar-refractivity contribution in [3.05, 3.63) is 34.7 Å². The number of hydrogen-bond acceptors (Lipinski definition) is 3. The number of hydrogen-bond donors (Lipinski definition) is 0. The van der Waals surface area contributed by atoms with Gasteiger partial charge < -0.3 is 0 Å². The van der Waals surface area contributed by atoms with Gasteiger partial charge in [-0.1, -0.05) is 5.21 Å². The summed E-state index contributed by atoms with van der Waals surface area (Å²) >= 11 is 3.09. The van der Waals surface area contributed by atoms with E-state index in [0.717, 1.165) is 0 Å². The molecule has 0 aliphatic rings. The molecule has 0 aliphatic carbocycles. The van der Waals surface area contributed by atoms with Crippen molar-refractivity contribution in [3.8, 4) is 5.82 Å². The Kier molecular flexibility index (Phi) is 2.72. The molecule has 0 saturated heterocycles. The molecule has 15 heavy (non-hydrogen) atoms. The van der Waals surface area contributed by atoms with Crippen molar-refractivity contribution in [3.63, 3.8) is 0 Å². The van der Waals surface area contributed by atoms with E-state index in [-0.39, 0.29) is 11.4 Å². The van der Waals surface area contributed by atoms with Crippen LogP contribution in [0.3, 0.4) is 0 Å². The lowest BCUT2D eigenvalue weighted by atomic mass is 10.2. The van der Waals surface area contributed by atoms with Crippen molar-refractivity contribution in [1.29, 1.82) is 0 Å². The van der Waals surface area contributed by atoms with Crippen LogP contribution < -0.4 is 0 Å². The van der Waals surface area contributed by atoms with Gasteiger partial charge in [0.05, 0.1) is 18.0 Å². The molecule has 0 atom stereocenters. The SMILES string of the molecule is FC(F)c1cc(Br)cnc1-n1ccnn1. The van der Waals surface area contributed by atoms with Crippen molar-refractivity contribution < 1.29 is 8.78 Å². The van der Waals surface area contributed by atoms with Gasteiger partial charge in [0, 0.05) is 10.7 Å². The smallest absolute Gasteiger partial charge is 0.235 e. The topological polar surface area (TPSA) is 43.6 Å². The maximum atomic E-state index is 12.7. The van der Waals surface area contributed by atoms with Crippen LogP contribution in [0.25, 0.3) is 5.82 Å². The molecule has 7 heteroatoms. The van der Waals surface area contributed by atoms with E-state index < -0.39 is 6.43 Å². The fourth-order valence-electron chi connectivity index (χ4n) is 1.12. The van der Waals surface area contributed by atoms with Crippen molar-refractivity contribution in [1.82, 2.24) is 20.0 Å². The lowest BCUT2D eigenvalue weighted by Gasteiger charge is -2.06. The highest BCUT2D eigenvalue weighted by atomic mass is 79.9. The van der Waals surface area contributed by atoms with E-state index in [2.05, 4.69) is 31.2 Å². The summed E-state index contributed by atoms with van der Waals surface area (Å²) in [5.41, 5.74) is -0.185. The van der Waals surface area contributed by atoms with Gasteiger partial charge in [0.15, 0.2) is 5.82 Å². The largest absolute Gasteiger partial charge is 0.267 e. The molecule has 0 amide bonds. The molecule has 0 unspecified atom stereocenters. The fraction of sp³-hybridized carbons (Fsp3) is 0.125. The molecule has 4 nitrogen and oxygen atoms in total. The molecule has 0 spiro atoms. The molecule has 78 valence electrons. The van der Waals surface area contributed by atoms with Crippen LogP contribution in [0.1, 0.15) is 12.0 Å². The van der Waals surface area contributed by atoms with Crippen LogP contribution in [-0.4, -0.2) is 20.0 Å². The van der Waals surface area contributed by atoms with Gasteiger partial charge in [-0.3, -0.25) is 0 Å². The van der Waals surface area contributed by atoms with E-state index >= 15 is 0 Å². The maximum Gasteiger partial charge on any atom is 0.267 e. The van der Waals surface area contributed by atoms with Crippen molar-refractivity contribution >= 4 is 15.9 Å². The second kappa shape index (κ2) is 4.01. The second-order valence-corrected chi connectivity index (χ2v) is 3.63. The fourth-order valence-corrected chi connectivity index (χ4v) is 1.47. The van der Waals surface area contributed by atoms with Crippen LogP contribution >= 0.6 is 15.9 Å². The molecule has 0 aliphatic heterocycles. The molecular weight excluding hydrogens is 270 g/mol. The lowest BCUT2D eigenvalue weighted by molar-refractivity contribution is 0.150. The van der Waals surface area contributed by atoms with Gasteiger partial charge in [0.2, 0.25) is 0 Å². The van der Waals surface area contributed by atoms with Gasteiger partial charge in [-0.25, -0.2) is 18.4 Å². The Hall–Kier alpha value is -1.37. The van der Waals surface area contributed by atoms with Crippen LogP contribution in [0.2, 0.25) is 0 Å². The third-order valence-corrected chi connectivity index (χ3v) is 2.17. The van der Waals surface area contributed by atoms with E-state index in [9.17, 15) is 8.78 Å². The summed E-state index contributed by atoms with van der Waals surface area (Å²) in [6.07, 6.45) is 1.69. The van der Waals surface area contributed by atoms with Crippen LogP contribution in [-0.2, 0) is 0 Å². The second-order valence-electron chi connectivity index (χ2n) is 2.71. The molecule has 0 N–H and O–H groups in total. The Bertz CT molecular complexity index is 458. The maximum absolute atomic E-state index is 12.7. The summed E-state index contributed by atoms with van der Waals surface area (Å²) in [6.45, 7) is 0. The van der Waals surface area contributed by atoms with Gasteiger partial charge >= 0.3 is 0 Å². The van der Waals surface area contributed by atoms with Gasteiger partial charge in [-0.05, 0) is 22.0 Å². The minimum Gasteiger partial charge on any atom is -0.235 e. The molecule has 0 aromatic carbocycles. The van der Waals surface area contributed by atoms with Crippen LogP contribution in [0, 0.1) is 0 Å². The van der Waals surface area contributed by atoms with Crippen molar-refractivity contribution in [2.24, 2.45) is 0 Å². The highest BCUT2D eigenvalue weighted by Crippen LogP contribution is 2.26. The summed E-state index contributed by atoms with van der Waals surface area (Å²) in [5, 5.41) is 7.15. The first kappa shape index (κ1) is 10.2. The molecule has 0 bridgehead atoms. The van der Waals surface area contributed by atoms with E-state index in [4.69, 9.17) is 0 Å². The van der Waals surface area contributed by atoms with Crippen LogP contribution in [0.4, 0.5) is 8.78 Å². The lowest BCUT2D eigenvalue weighted by Crippen LogP contribution is -2.04. The zero-order valence-electron chi connectivity index (χ0n) is 7.31. The first-order valence-electron chi connectivity index (χ1n) is 3.99. The summed E-state index contributed by atoms with van der Waals surface area (Å²) in [7, 11) is 0. The Morgan fingerprint density at radius 2 is 2.20 bits per heavy atom. The van der Waals surface area contributed by atoms with Gasteiger partial charge in [0.25, 0.3) is 6.43 Å². The average Bonchev–Trinajstić information content (AvgIpc) is 2.70. The van der Waals surface area contributed by atoms with Crippen LogP contribution in [0.15, 0.2) is 29.1 Å². The molecule has 0 fully saturated rings. The molecule has 2 aromatic rings. The number of aromatic nitrogens is 4. The normalized spacial score (nSPS) is 10.9. The Morgan fingerprint density at radius 3 is 2.80 bits per heavy atom. The zero-order valence-corrected chi connectivity index (χ0v) is 8.90. The minimum atomic E-state index is -2.60. The molecule has 0 saturated carbocycles. The molecule has 2 heterocycles. The number of rotatable bonds is 2. The Morgan fingerprint density at radius 1 is 1.40 bits per heavy atom. The Labute approximate surface area is 92.1 Å².